The molecule has 0 bridgehead atoms. The second-order valence-electron chi connectivity index (χ2n) is 6.15. The van der Waals surface area contributed by atoms with Crippen molar-refractivity contribution in [2.24, 2.45) is 5.73 Å². The molecule has 0 heterocycles. The molecule has 0 unspecified atom stereocenters. The Morgan fingerprint density at radius 2 is 1.43 bits per heavy atom. The van der Waals surface area contributed by atoms with E-state index >= 15 is 0 Å². The zero-order valence-electron chi connectivity index (χ0n) is 15.0. The van der Waals surface area contributed by atoms with E-state index in [4.69, 9.17) is 5.73 Å². The van der Waals surface area contributed by atoms with Gasteiger partial charge < -0.3 is 21.5 Å². The van der Waals surface area contributed by atoms with Crippen LogP contribution in [0.15, 0.2) is 60.7 Å². The molecule has 0 aromatic heterocycles. The van der Waals surface area contributed by atoms with Crippen LogP contribution in [0, 0.1) is 0 Å². The molecule has 3 amide bonds. The Balaban J connectivity index is 2.18. The fourth-order valence-corrected chi connectivity index (χ4v) is 2.56. The Morgan fingerprint density at radius 3 is 1.96 bits per heavy atom. The van der Waals surface area contributed by atoms with Gasteiger partial charge in [0.2, 0.25) is 11.8 Å². The highest BCUT2D eigenvalue weighted by Crippen LogP contribution is 2.07. The molecule has 0 spiro atoms. The van der Waals surface area contributed by atoms with Crippen molar-refractivity contribution in [1.82, 2.24) is 10.6 Å². The van der Waals surface area contributed by atoms with Crippen molar-refractivity contribution >= 4 is 23.7 Å². The van der Waals surface area contributed by atoms with Gasteiger partial charge in [-0.1, -0.05) is 48.5 Å². The molecular formula is C20H21N3O5. The highest BCUT2D eigenvalue weighted by Gasteiger charge is 2.28. The van der Waals surface area contributed by atoms with Crippen LogP contribution in [0.1, 0.15) is 22.3 Å². The highest BCUT2D eigenvalue weighted by atomic mass is 16.4. The van der Waals surface area contributed by atoms with Crippen LogP contribution >= 0.6 is 0 Å². The van der Waals surface area contributed by atoms with Crippen molar-refractivity contribution in [1.29, 1.82) is 0 Å². The maximum absolute atomic E-state index is 12.7. The van der Waals surface area contributed by atoms with E-state index in [2.05, 4.69) is 10.6 Å². The number of rotatable bonds is 9. The van der Waals surface area contributed by atoms with E-state index < -0.39 is 42.2 Å². The SMILES string of the molecule is NC(=O)C[C@H](NC(=O)[C@H](Cc1ccccc1)NC(=O)c1ccccc1)C(=O)O. The maximum atomic E-state index is 12.7. The summed E-state index contributed by atoms with van der Waals surface area (Å²) in [5.74, 6) is -3.44. The molecule has 0 aliphatic carbocycles. The molecule has 0 saturated carbocycles. The molecule has 0 aliphatic heterocycles. The lowest BCUT2D eigenvalue weighted by Gasteiger charge is -2.21. The maximum Gasteiger partial charge on any atom is 0.326 e. The van der Waals surface area contributed by atoms with Gasteiger partial charge in [0.25, 0.3) is 5.91 Å². The number of carboxylic acid groups (broad SMARTS) is 1. The van der Waals surface area contributed by atoms with Gasteiger partial charge in [0.15, 0.2) is 0 Å². The minimum atomic E-state index is -1.48. The number of hydrogen-bond donors (Lipinski definition) is 4. The van der Waals surface area contributed by atoms with Crippen LogP contribution in [-0.2, 0) is 20.8 Å². The molecule has 146 valence electrons. The third-order valence-corrected chi connectivity index (χ3v) is 3.96. The average Bonchev–Trinajstić information content (AvgIpc) is 2.68. The van der Waals surface area contributed by atoms with Crippen LogP contribution in [0.2, 0.25) is 0 Å². The quantitative estimate of drug-likeness (QED) is 0.499. The van der Waals surface area contributed by atoms with Crippen LogP contribution in [0.3, 0.4) is 0 Å². The monoisotopic (exact) mass is 383 g/mol. The molecule has 2 aromatic carbocycles. The largest absolute Gasteiger partial charge is 0.480 e. The van der Waals surface area contributed by atoms with Crippen LogP contribution in [0.4, 0.5) is 0 Å². The topological polar surface area (TPSA) is 139 Å². The Morgan fingerprint density at radius 1 is 0.857 bits per heavy atom. The summed E-state index contributed by atoms with van der Waals surface area (Å²) in [6.07, 6.45) is -0.403. The van der Waals surface area contributed by atoms with Crippen molar-refractivity contribution in [2.45, 2.75) is 24.9 Å². The number of amides is 3. The Hall–Kier alpha value is -3.68. The summed E-state index contributed by atoms with van der Waals surface area (Å²) >= 11 is 0. The van der Waals surface area contributed by atoms with Crippen molar-refractivity contribution < 1.29 is 24.3 Å². The number of nitrogens with one attached hydrogen (secondary N) is 2. The van der Waals surface area contributed by atoms with Crippen molar-refractivity contribution in [3.05, 3.63) is 71.8 Å². The molecule has 0 fully saturated rings. The van der Waals surface area contributed by atoms with Gasteiger partial charge in [0, 0.05) is 12.0 Å². The first-order valence-electron chi connectivity index (χ1n) is 8.58. The fraction of sp³-hybridized carbons (Fsp3) is 0.200. The standard InChI is InChI=1S/C20H21N3O5/c21-17(24)12-16(20(27)28)23-19(26)15(11-13-7-3-1-4-8-13)22-18(25)14-9-5-2-6-10-14/h1-10,15-16H,11-12H2,(H2,21,24)(H,22,25)(H,23,26)(H,27,28)/t15-,16-/m0/s1. The molecule has 0 saturated heterocycles. The second-order valence-corrected chi connectivity index (χ2v) is 6.15. The van der Waals surface area contributed by atoms with Crippen molar-refractivity contribution in [3.8, 4) is 0 Å². The van der Waals surface area contributed by atoms with Gasteiger partial charge in [-0.05, 0) is 17.7 Å². The predicted molar refractivity (Wildman–Crippen MR) is 101 cm³/mol. The van der Waals surface area contributed by atoms with Crippen LogP contribution in [0.25, 0.3) is 0 Å². The molecule has 0 aliphatic rings. The first-order chi connectivity index (χ1) is 13.4. The normalized spacial score (nSPS) is 12.4. The number of carboxylic acids is 1. The van der Waals surface area contributed by atoms with E-state index in [0.29, 0.717) is 5.56 Å². The van der Waals surface area contributed by atoms with E-state index in [1.807, 2.05) is 6.07 Å². The van der Waals surface area contributed by atoms with E-state index in [0.717, 1.165) is 5.56 Å². The number of nitrogens with two attached hydrogens (primary N) is 1. The number of carbonyl (C=O) groups is 4. The predicted octanol–water partition coefficient (Wildman–Crippen LogP) is 0.473. The number of benzene rings is 2. The van der Waals surface area contributed by atoms with Gasteiger partial charge in [-0.25, -0.2) is 4.79 Å². The summed E-state index contributed by atoms with van der Waals surface area (Å²) in [4.78, 5) is 47.5. The fourth-order valence-electron chi connectivity index (χ4n) is 2.56. The second kappa shape index (κ2) is 9.86. The Kier molecular flexibility index (Phi) is 7.27. The molecule has 0 radical (unpaired) electrons. The van der Waals surface area contributed by atoms with Gasteiger partial charge in [0.1, 0.15) is 12.1 Å². The molecule has 2 rings (SSSR count). The van der Waals surface area contributed by atoms with Crippen molar-refractivity contribution in [3.63, 3.8) is 0 Å². The number of aliphatic carboxylic acids is 1. The molecule has 8 nitrogen and oxygen atoms in total. The summed E-state index contributed by atoms with van der Waals surface area (Å²) in [7, 11) is 0. The minimum Gasteiger partial charge on any atom is -0.480 e. The number of carbonyl (C=O) groups excluding carboxylic acids is 3. The number of hydrogen-bond acceptors (Lipinski definition) is 4. The van der Waals surface area contributed by atoms with E-state index in [1.54, 1.807) is 54.6 Å². The first-order valence-corrected chi connectivity index (χ1v) is 8.58. The van der Waals surface area contributed by atoms with Gasteiger partial charge in [-0.3, -0.25) is 14.4 Å². The lowest BCUT2D eigenvalue weighted by molar-refractivity contribution is -0.143. The zero-order chi connectivity index (χ0) is 20.5. The van der Waals surface area contributed by atoms with Crippen LogP contribution in [0.5, 0.6) is 0 Å². The molecule has 2 aromatic rings. The third kappa shape index (κ3) is 6.24. The molecule has 5 N–H and O–H groups in total. The molecule has 2 atom stereocenters. The molecule has 28 heavy (non-hydrogen) atoms. The van der Waals surface area contributed by atoms with Crippen LogP contribution < -0.4 is 16.4 Å². The zero-order valence-corrected chi connectivity index (χ0v) is 15.0. The third-order valence-electron chi connectivity index (χ3n) is 3.96. The highest BCUT2D eigenvalue weighted by molar-refractivity contribution is 5.98. The smallest absolute Gasteiger partial charge is 0.326 e. The molecule has 8 heteroatoms. The summed E-state index contributed by atoms with van der Waals surface area (Å²) in [6, 6.07) is 14.8. The lowest BCUT2D eigenvalue weighted by atomic mass is 10.0. The van der Waals surface area contributed by atoms with E-state index in [9.17, 15) is 24.3 Å². The number of primary amides is 1. The lowest BCUT2D eigenvalue weighted by Crippen LogP contribution is -2.53. The van der Waals surface area contributed by atoms with Gasteiger partial charge in [-0.15, -0.1) is 0 Å². The van der Waals surface area contributed by atoms with Gasteiger partial charge in [-0.2, -0.15) is 0 Å². The minimum absolute atomic E-state index is 0.147. The van der Waals surface area contributed by atoms with Crippen molar-refractivity contribution in [2.75, 3.05) is 0 Å². The van der Waals surface area contributed by atoms with E-state index in [1.165, 1.54) is 0 Å². The Bertz CT molecular complexity index is 839. The first kappa shape index (κ1) is 20.6. The molecular weight excluding hydrogens is 362 g/mol. The summed E-state index contributed by atoms with van der Waals surface area (Å²) in [5.41, 5.74) is 6.18. The summed E-state index contributed by atoms with van der Waals surface area (Å²) < 4.78 is 0. The van der Waals surface area contributed by atoms with Crippen LogP contribution in [-0.4, -0.2) is 40.9 Å². The summed E-state index contributed by atoms with van der Waals surface area (Å²) in [6.45, 7) is 0. The average molecular weight is 383 g/mol. The summed E-state index contributed by atoms with van der Waals surface area (Å²) in [5, 5.41) is 14.1. The van der Waals surface area contributed by atoms with Gasteiger partial charge >= 0.3 is 5.97 Å². The van der Waals surface area contributed by atoms with E-state index in [-0.39, 0.29) is 6.42 Å². The van der Waals surface area contributed by atoms with Gasteiger partial charge in [0.05, 0.1) is 6.42 Å². The Labute approximate surface area is 161 Å².